The van der Waals surface area contributed by atoms with E-state index < -0.39 is 0 Å². The second-order valence-corrected chi connectivity index (χ2v) is 8.47. The van der Waals surface area contributed by atoms with Gasteiger partial charge in [-0.3, -0.25) is 4.99 Å². The molecule has 0 aliphatic rings. The SMILES string of the molecule is CN=C(NCc1ccc(-c2ccc(OC)cc2)s1)NCc1sc(C)nc1C. The molecule has 27 heavy (non-hydrogen) atoms. The van der Waals surface area contributed by atoms with Crippen LogP contribution in [0.3, 0.4) is 0 Å². The maximum atomic E-state index is 5.22. The molecular formula is C20H24N4OS2. The van der Waals surface area contributed by atoms with E-state index in [2.05, 4.69) is 44.9 Å². The van der Waals surface area contributed by atoms with Gasteiger partial charge < -0.3 is 15.4 Å². The van der Waals surface area contributed by atoms with Crippen LogP contribution in [0.15, 0.2) is 41.4 Å². The van der Waals surface area contributed by atoms with E-state index in [0.29, 0.717) is 0 Å². The minimum Gasteiger partial charge on any atom is -0.497 e. The number of guanidine groups is 1. The Bertz CT molecular complexity index is 912. The van der Waals surface area contributed by atoms with Gasteiger partial charge in [0.05, 0.1) is 30.9 Å². The van der Waals surface area contributed by atoms with Gasteiger partial charge in [-0.05, 0) is 55.8 Å². The van der Waals surface area contributed by atoms with Crippen LogP contribution in [0.1, 0.15) is 20.5 Å². The molecule has 0 atom stereocenters. The maximum absolute atomic E-state index is 5.22. The summed E-state index contributed by atoms with van der Waals surface area (Å²) in [4.78, 5) is 12.5. The lowest BCUT2D eigenvalue weighted by Gasteiger charge is -2.10. The Balaban J connectivity index is 1.55. The Labute approximate surface area is 168 Å². The molecule has 0 saturated carbocycles. The third-order valence-corrected chi connectivity index (χ3v) is 6.31. The summed E-state index contributed by atoms with van der Waals surface area (Å²) in [7, 11) is 3.47. The molecule has 0 radical (unpaired) electrons. The van der Waals surface area contributed by atoms with Gasteiger partial charge in [-0.25, -0.2) is 4.98 Å². The van der Waals surface area contributed by atoms with Gasteiger partial charge in [-0.2, -0.15) is 0 Å². The van der Waals surface area contributed by atoms with Crippen LogP contribution in [-0.2, 0) is 13.1 Å². The molecule has 0 bridgehead atoms. The van der Waals surface area contributed by atoms with Crippen molar-refractivity contribution in [2.45, 2.75) is 26.9 Å². The average molecular weight is 401 g/mol. The molecule has 0 spiro atoms. The van der Waals surface area contributed by atoms with Crippen molar-refractivity contribution in [1.82, 2.24) is 15.6 Å². The molecule has 5 nitrogen and oxygen atoms in total. The standard InChI is InChI=1S/C20H24N4OS2/c1-13-19(26-14(2)24-13)12-23-20(21-3)22-11-17-9-10-18(27-17)15-5-7-16(25-4)8-6-15/h5-10H,11-12H2,1-4H3,(H2,21,22,23). The Kier molecular flexibility index (Phi) is 6.47. The molecule has 0 unspecified atom stereocenters. The van der Waals surface area contributed by atoms with Crippen LogP contribution in [-0.4, -0.2) is 25.1 Å². The Morgan fingerprint density at radius 2 is 1.78 bits per heavy atom. The normalized spacial score (nSPS) is 11.5. The summed E-state index contributed by atoms with van der Waals surface area (Å²) in [5.41, 5.74) is 2.29. The van der Waals surface area contributed by atoms with Crippen molar-refractivity contribution in [2.24, 2.45) is 4.99 Å². The lowest BCUT2D eigenvalue weighted by molar-refractivity contribution is 0.415. The van der Waals surface area contributed by atoms with E-state index in [1.165, 1.54) is 20.2 Å². The van der Waals surface area contributed by atoms with Crippen LogP contribution in [0.25, 0.3) is 10.4 Å². The Hall–Kier alpha value is -2.38. The number of aliphatic imine (C=N–C) groups is 1. The molecule has 142 valence electrons. The van der Waals surface area contributed by atoms with Crippen molar-refractivity contribution in [1.29, 1.82) is 0 Å². The predicted molar refractivity (Wildman–Crippen MR) is 115 cm³/mol. The van der Waals surface area contributed by atoms with Crippen LogP contribution >= 0.6 is 22.7 Å². The molecular weight excluding hydrogens is 376 g/mol. The van der Waals surface area contributed by atoms with E-state index in [1.54, 1.807) is 36.8 Å². The first kappa shape index (κ1) is 19.4. The van der Waals surface area contributed by atoms with Crippen LogP contribution in [0, 0.1) is 13.8 Å². The average Bonchev–Trinajstić information content (AvgIpc) is 3.28. The molecule has 1 aromatic carbocycles. The highest BCUT2D eigenvalue weighted by Gasteiger charge is 2.07. The third kappa shape index (κ3) is 5.08. The summed E-state index contributed by atoms with van der Waals surface area (Å²) in [6, 6.07) is 12.5. The number of aromatic nitrogens is 1. The van der Waals surface area contributed by atoms with Crippen molar-refractivity contribution in [3.05, 3.63) is 56.9 Å². The lowest BCUT2D eigenvalue weighted by atomic mass is 10.2. The van der Waals surface area contributed by atoms with Gasteiger partial charge >= 0.3 is 0 Å². The van der Waals surface area contributed by atoms with E-state index in [0.717, 1.165) is 35.5 Å². The molecule has 0 amide bonds. The second kappa shape index (κ2) is 9.01. The molecule has 0 aliphatic carbocycles. The quantitative estimate of drug-likeness (QED) is 0.477. The largest absolute Gasteiger partial charge is 0.497 e. The van der Waals surface area contributed by atoms with Gasteiger partial charge in [0, 0.05) is 21.7 Å². The number of ether oxygens (including phenoxy) is 1. The van der Waals surface area contributed by atoms with Crippen LogP contribution < -0.4 is 15.4 Å². The summed E-state index contributed by atoms with van der Waals surface area (Å²) in [5.74, 6) is 1.67. The van der Waals surface area contributed by atoms with E-state index in [4.69, 9.17) is 4.74 Å². The smallest absolute Gasteiger partial charge is 0.191 e. The highest BCUT2D eigenvalue weighted by molar-refractivity contribution is 7.15. The van der Waals surface area contributed by atoms with Crippen molar-refractivity contribution < 1.29 is 4.74 Å². The minimum absolute atomic E-state index is 0.735. The number of hydrogen-bond acceptors (Lipinski definition) is 5. The zero-order valence-electron chi connectivity index (χ0n) is 16.0. The Morgan fingerprint density at radius 3 is 2.41 bits per heavy atom. The second-order valence-electron chi connectivity index (χ2n) is 6.02. The highest BCUT2D eigenvalue weighted by Crippen LogP contribution is 2.29. The van der Waals surface area contributed by atoms with Crippen molar-refractivity contribution in [3.63, 3.8) is 0 Å². The first-order chi connectivity index (χ1) is 13.1. The van der Waals surface area contributed by atoms with Crippen LogP contribution in [0.4, 0.5) is 0 Å². The van der Waals surface area contributed by atoms with Gasteiger partial charge in [0.15, 0.2) is 5.96 Å². The number of nitrogens with one attached hydrogen (secondary N) is 2. The van der Waals surface area contributed by atoms with Gasteiger partial charge in [0.1, 0.15) is 5.75 Å². The third-order valence-electron chi connectivity index (χ3n) is 4.11. The van der Waals surface area contributed by atoms with E-state index in [-0.39, 0.29) is 0 Å². The number of methoxy groups -OCH3 is 1. The number of benzene rings is 1. The number of rotatable bonds is 6. The fourth-order valence-electron chi connectivity index (χ4n) is 2.68. The van der Waals surface area contributed by atoms with E-state index in [9.17, 15) is 0 Å². The molecule has 0 aliphatic heterocycles. The molecule has 2 aromatic heterocycles. The van der Waals surface area contributed by atoms with E-state index >= 15 is 0 Å². The molecule has 3 rings (SSSR count). The first-order valence-corrected chi connectivity index (χ1v) is 10.3. The number of nitrogens with zero attached hydrogens (tertiary/aromatic N) is 2. The lowest BCUT2D eigenvalue weighted by Crippen LogP contribution is -2.36. The number of aryl methyl sites for hydroxylation is 2. The summed E-state index contributed by atoms with van der Waals surface area (Å²) >= 11 is 3.50. The first-order valence-electron chi connectivity index (χ1n) is 8.69. The summed E-state index contributed by atoms with van der Waals surface area (Å²) < 4.78 is 5.22. The molecule has 2 heterocycles. The fourth-order valence-corrected chi connectivity index (χ4v) is 4.51. The van der Waals surface area contributed by atoms with Gasteiger partial charge in [0.2, 0.25) is 0 Å². The Morgan fingerprint density at radius 1 is 1.04 bits per heavy atom. The summed E-state index contributed by atoms with van der Waals surface area (Å²) in [5, 5.41) is 7.83. The van der Waals surface area contributed by atoms with Gasteiger partial charge in [-0.1, -0.05) is 0 Å². The van der Waals surface area contributed by atoms with E-state index in [1.807, 2.05) is 26.0 Å². The van der Waals surface area contributed by atoms with Gasteiger partial charge in [0.25, 0.3) is 0 Å². The van der Waals surface area contributed by atoms with Gasteiger partial charge in [-0.15, -0.1) is 22.7 Å². The van der Waals surface area contributed by atoms with Crippen molar-refractivity contribution in [2.75, 3.05) is 14.2 Å². The van der Waals surface area contributed by atoms with Crippen molar-refractivity contribution >= 4 is 28.6 Å². The molecule has 2 N–H and O–H groups in total. The minimum atomic E-state index is 0.735. The van der Waals surface area contributed by atoms with Crippen LogP contribution in [0.5, 0.6) is 5.75 Å². The maximum Gasteiger partial charge on any atom is 0.191 e. The number of thiophene rings is 1. The zero-order chi connectivity index (χ0) is 19.2. The van der Waals surface area contributed by atoms with Crippen molar-refractivity contribution in [3.8, 4) is 16.2 Å². The molecule has 0 fully saturated rings. The van der Waals surface area contributed by atoms with Crippen LogP contribution in [0.2, 0.25) is 0 Å². The monoisotopic (exact) mass is 400 g/mol. The predicted octanol–water partition coefficient (Wildman–Crippen LogP) is 4.36. The fraction of sp³-hybridized carbons (Fsp3) is 0.300. The zero-order valence-corrected chi connectivity index (χ0v) is 17.6. The highest BCUT2D eigenvalue weighted by atomic mass is 32.1. The summed E-state index contributed by atoms with van der Waals surface area (Å²) in [6.45, 7) is 5.55. The molecule has 7 heteroatoms. The number of hydrogen-bond donors (Lipinski definition) is 2. The summed E-state index contributed by atoms with van der Waals surface area (Å²) in [6.07, 6.45) is 0. The number of thiazole rings is 1. The molecule has 0 saturated heterocycles. The molecule has 3 aromatic rings. The topological polar surface area (TPSA) is 58.5 Å².